The number of carbonyl (C=O) groups excluding carboxylic acids is 1. The molecule has 1 unspecified atom stereocenters. The number of hydrazone groups is 1. The van der Waals surface area contributed by atoms with Gasteiger partial charge in [0.2, 0.25) is 0 Å². The van der Waals surface area contributed by atoms with Crippen LogP contribution in [0.1, 0.15) is 77.7 Å². The lowest BCUT2D eigenvalue weighted by molar-refractivity contribution is 0.118. The van der Waals surface area contributed by atoms with E-state index in [0.717, 1.165) is 31.4 Å². The van der Waals surface area contributed by atoms with Gasteiger partial charge in [-0.05, 0) is 60.5 Å². The number of carbonyl (C=O) groups is 1. The summed E-state index contributed by atoms with van der Waals surface area (Å²) in [4.78, 5) is 13.1. The highest BCUT2D eigenvalue weighted by atomic mass is 19.1. The van der Waals surface area contributed by atoms with E-state index in [0.29, 0.717) is 18.0 Å². The number of benzene rings is 1. The first-order valence-electron chi connectivity index (χ1n) is 11.2. The molecular formula is C24H34FN3O. The number of amides is 2. The maximum atomic E-state index is 14.5. The van der Waals surface area contributed by atoms with E-state index in [2.05, 4.69) is 38.1 Å². The van der Waals surface area contributed by atoms with Crippen LogP contribution < -0.4 is 5.32 Å². The number of unbranched alkanes of at least 4 members (excludes halogenated alkanes) is 1. The molecule has 29 heavy (non-hydrogen) atoms. The van der Waals surface area contributed by atoms with E-state index < -0.39 is 0 Å². The molecule has 1 aromatic rings. The Bertz CT molecular complexity index is 820. The smallest absolute Gasteiger partial charge is 0.333 e. The fraction of sp³-hybridized carbons (Fsp3) is 0.667. The predicted molar refractivity (Wildman–Crippen MR) is 114 cm³/mol. The second-order valence-electron chi connectivity index (χ2n) is 9.96. The zero-order valence-corrected chi connectivity index (χ0v) is 18.2. The largest absolute Gasteiger partial charge is 0.338 e. The highest BCUT2D eigenvalue weighted by molar-refractivity contribution is 5.94. The SMILES string of the molecule is CCCCC1=NN(C(=O)N[C@H]2C[C@H]3CC[C@]2(C)C3(C)C)CC1c1ccccc1F. The van der Waals surface area contributed by atoms with Crippen LogP contribution in [-0.4, -0.2) is 29.3 Å². The molecule has 2 amide bonds. The van der Waals surface area contributed by atoms with Crippen molar-refractivity contribution in [2.45, 2.75) is 78.2 Å². The highest BCUT2D eigenvalue weighted by Gasteiger charge is 2.61. The third-order valence-corrected chi connectivity index (χ3v) is 8.40. The zero-order chi connectivity index (χ0) is 20.8. The standard InChI is InChI=1S/C24H34FN3O/c1-5-6-11-20-18(17-9-7-8-10-19(17)25)15-28(27-20)22(29)26-21-14-16-12-13-24(21,4)23(16,2)3/h7-10,16,18,21H,5-6,11-15H2,1-4H3,(H,26,29)/t16-,18?,21+,24+/m1/s1. The Balaban J connectivity index is 1.51. The fourth-order valence-electron chi connectivity index (χ4n) is 5.94. The monoisotopic (exact) mass is 399 g/mol. The molecule has 0 radical (unpaired) electrons. The average Bonchev–Trinajstić information content (AvgIpc) is 3.26. The molecule has 2 aliphatic carbocycles. The first-order chi connectivity index (χ1) is 13.8. The minimum Gasteiger partial charge on any atom is -0.333 e. The topological polar surface area (TPSA) is 44.7 Å². The summed E-state index contributed by atoms with van der Waals surface area (Å²) in [7, 11) is 0. The van der Waals surface area contributed by atoms with E-state index in [-0.39, 0.29) is 34.6 Å². The summed E-state index contributed by atoms with van der Waals surface area (Å²) in [6.07, 6.45) is 6.32. The van der Waals surface area contributed by atoms with Gasteiger partial charge >= 0.3 is 6.03 Å². The van der Waals surface area contributed by atoms with Crippen molar-refractivity contribution < 1.29 is 9.18 Å². The van der Waals surface area contributed by atoms with Crippen molar-refractivity contribution in [3.8, 4) is 0 Å². The molecule has 4 nitrogen and oxygen atoms in total. The summed E-state index contributed by atoms with van der Waals surface area (Å²) in [6, 6.07) is 6.93. The van der Waals surface area contributed by atoms with Crippen molar-refractivity contribution in [1.29, 1.82) is 0 Å². The molecule has 2 bridgehead atoms. The number of rotatable bonds is 5. The van der Waals surface area contributed by atoms with Crippen molar-refractivity contribution in [2.24, 2.45) is 21.8 Å². The van der Waals surface area contributed by atoms with Crippen LogP contribution in [-0.2, 0) is 0 Å². The van der Waals surface area contributed by atoms with Gasteiger partial charge in [-0.15, -0.1) is 0 Å². The number of nitrogens with zero attached hydrogens (tertiary/aromatic N) is 2. The Morgan fingerprint density at radius 3 is 2.69 bits per heavy atom. The Hall–Kier alpha value is -1.91. The van der Waals surface area contributed by atoms with Crippen molar-refractivity contribution in [3.63, 3.8) is 0 Å². The zero-order valence-electron chi connectivity index (χ0n) is 18.2. The molecule has 1 N–H and O–H groups in total. The van der Waals surface area contributed by atoms with Crippen LogP contribution in [0, 0.1) is 22.6 Å². The Kier molecular flexibility index (Phi) is 5.20. The van der Waals surface area contributed by atoms with Crippen LogP contribution in [0.15, 0.2) is 29.4 Å². The summed E-state index contributed by atoms with van der Waals surface area (Å²) in [5.41, 5.74) is 1.95. The molecule has 0 saturated heterocycles. The van der Waals surface area contributed by atoms with Crippen molar-refractivity contribution >= 4 is 11.7 Å². The lowest BCUT2D eigenvalue weighted by Crippen LogP contribution is -2.50. The van der Waals surface area contributed by atoms with Crippen molar-refractivity contribution in [2.75, 3.05) is 6.54 Å². The summed E-state index contributed by atoms with van der Waals surface area (Å²) < 4.78 is 14.5. The maximum Gasteiger partial charge on any atom is 0.338 e. The highest BCUT2D eigenvalue weighted by Crippen LogP contribution is 2.65. The summed E-state index contributed by atoms with van der Waals surface area (Å²) in [6.45, 7) is 9.58. The molecule has 4 rings (SSSR count). The maximum absolute atomic E-state index is 14.5. The summed E-state index contributed by atoms with van der Waals surface area (Å²) >= 11 is 0. The van der Waals surface area contributed by atoms with Crippen LogP contribution in [0.2, 0.25) is 0 Å². The van der Waals surface area contributed by atoms with E-state index in [9.17, 15) is 9.18 Å². The Labute approximate surface area is 173 Å². The molecule has 2 fully saturated rings. The van der Waals surface area contributed by atoms with Gasteiger partial charge in [-0.3, -0.25) is 0 Å². The van der Waals surface area contributed by atoms with Crippen LogP contribution in [0.4, 0.5) is 9.18 Å². The van der Waals surface area contributed by atoms with Gasteiger partial charge in [0.05, 0.1) is 6.54 Å². The third kappa shape index (κ3) is 3.27. The van der Waals surface area contributed by atoms with E-state index in [1.807, 2.05) is 12.1 Å². The van der Waals surface area contributed by atoms with Crippen LogP contribution in [0.3, 0.4) is 0 Å². The number of urea groups is 1. The average molecular weight is 400 g/mol. The fourth-order valence-corrected chi connectivity index (χ4v) is 5.94. The minimum atomic E-state index is -0.216. The second kappa shape index (κ2) is 7.41. The summed E-state index contributed by atoms with van der Waals surface area (Å²) in [5, 5.41) is 9.50. The molecular weight excluding hydrogens is 365 g/mol. The lowest BCUT2D eigenvalue weighted by Gasteiger charge is -2.39. The van der Waals surface area contributed by atoms with E-state index in [4.69, 9.17) is 0 Å². The molecule has 1 heterocycles. The molecule has 0 aromatic heterocycles. The number of hydrogen-bond donors (Lipinski definition) is 1. The molecule has 158 valence electrons. The Morgan fingerprint density at radius 1 is 1.31 bits per heavy atom. The van der Waals surface area contributed by atoms with E-state index >= 15 is 0 Å². The van der Waals surface area contributed by atoms with Gasteiger partial charge in [-0.2, -0.15) is 5.10 Å². The van der Waals surface area contributed by atoms with Crippen molar-refractivity contribution in [1.82, 2.24) is 10.3 Å². The number of halogens is 1. The van der Waals surface area contributed by atoms with Gasteiger partial charge in [0.1, 0.15) is 5.82 Å². The molecule has 1 aromatic carbocycles. The van der Waals surface area contributed by atoms with Gasteiger partial charge in [-0.25, -0.2) is 14.2 Å². The van der Waals surface area contributed by atoms with Crippen LogP contribution >= 0.6 is 0 Å². The van der Waals surface area contributed by atoms with Crippen LogP contribution in [0.5, 0.6) is 0 Å². The number of fused-ring (bicyclic) bond motifs is 2. The van der Waals surface area contributed by atoms with Gasteiger partial charge < -0.3 is 5.32 Å². The normalized spacial score (nSPS) is 32.5. The molecule has 4 atom stereocenters. The minimum absolute atomic E-state index is 0.132. The lowest BCUT2D eigenvalue weighted by atomic mass is 9.69. The molecule has 1 aliphatic heterocycles. The van der Waals surface area contributed by atoms with E-state index in [1.54, 1.807) is 11.1 Å². The van der Waals surface area contributed by atoms with Gasteiger partial charge in [-0.1, -0.05) is 52.3 Å². The third-order valence-electron chi connectivity index (χ3n) is 8.40. The number of hydrogen-bond acceptors (Lipinski definition) is 2. The summed E-state index contributed by atoms with van der Waals surface area (Å²) in [5.74, 6) is 0.304. The van der Waals surface area contributed by atoms with E-state index in [1.165, 1.54) is 18.9 Å². The van der Waals surface area contributed by atoms with Gasteiger partial charge in [0.15, 0.2) is 0 Å². The number of nitrogens with one attached hydrogen (secondary N) is 1. The molecule has 5 heteroatoms. The molecule has 0 spiro atoms. The van der Waals surface area contributed by atoms with Gasteiger partial charge in [0, 0.05) is 17.7 Å². The van der Waals surface area contributed by atoms with Crippen LogP contribution in [0.25, 0.3) is 0 Å². The molecule has 3 aliphatic rings. The van der Waals surface area contributed by atoms with Gasteiger partial charge in [0.25, 0.3) is 0 Å². The first-order valence-corrected chi connectivity index (χ1v) is 11.2. The quantitative estimate of drug-likeness (QED) is 0.679. The second-order valence-corrected chi connectivity index (χ2v) is 9.96. The predicted octanol–water partition coefficient (Wildman–Crippen LogP) is 5.70. The molecule has 2 saturated carbocycles. The Morgan fingerprint density at radius 2 is 2.07 bits per heavy atom. The van der Waals surface area contributed by atoms with Crippen molar-refractivity contribution in [3.05, 3.63) is 35.6 Å². The first kappa shape index (κ1) is 20.4.